The van der Waals surface area contributed by atoms with Crippen LogP contribution in [0.4, 0.5) is 0 Å². The maximum absolute atomic E-state index is 13.5. The molecule has 1 atom stereocenters. The van der Waals surface area contributed by atoms with Crippen molar-refractivity contribution in [3.63, 3.8) is 0 Å². The number of aliphatic carboxylic acids is 1. The molecule has 1 amide bonds. The van der Waals surface area contributed by atoms with E-state index in [1.54, 1.807) is 24.3 Å². The topological polar surface area (TPSA) is 159 Å². The molecule has 0 radical (unpaired) electrons. The summed E-state index contributed by atoms with van der Waals surface area (Å²) in [5.41, 5.74) is 7.16. The Morgan fingerprint density at radius 2 is 1.62 bits per heavy atom. The highest BCUT2D eigenvalue weighted by atomic mass is 16.5. The summed E-state index contributed by atoms with van der Waals surface area (Å²) >= 11 is 0. The summed E-state index contributed by atoms with van der Waals surface area (Å²) in [4.78, 5) is 37.5. The number of ether oxygens (including phenoxy) is 1. The van der Waals surface area contributed by atoms with Crippen LogP contribution in [-0.4, -0.2) is 45.6 Å². The average Bonchev–Trinajstić information content (AvgIpc) is 3.16. The quantitative estimate of drug-likeness (QED) is 0.307. The van der Waals surface area contributed by atoms with Crippen LogP contribution in [0.5, 0.6) is 23.0 Å². The number of hydrogen-bond donors (Lipinski definition) is 5. The van der Waals surface area contributed by atoms with E-state index in [-0.39, 0.29) is 29.3 Å². The zero-order chi connectivity index (χ0) is 26.3. The third kappa shape index (κ3) is 4.07. The normalized spacial score (nSPS) is 15.3. The third-order valence-corrected chi connectivity index (χ3v) is 7.09. The number of rotatable bonds is 7. The lowest BCUT2D eigenvalue weighted by atomic mass is 9.68. The number of benzene rings is 3. The first-order valence-electron chi connectivity index (χ1n) is 12.0. The van der Waals surface area contributed by atoms with Crippen LogP contribution in [0.25, 0.3) is 0 Å². The van der Waals surface area contributed by atoms with E-state index in [4.69, 9.17) is 15.6 Å². The van der Waals surface area contributed by atoms with Gasteiger partial charge in [0, 0.05) is 41.8 Å². The number of carbonyl (C=O) groups excluding carboxylic acids is 2. The number of unbranched alkanes of at least 4 members (excludes halogenated alkanes) is 1. The van der Waals surface area contributed by atoms with Crippen LogP contribution in [0.1, 0.15) is 63.1 Å². The second kappa shape index (κ2) is 9.25. The number of ketones is 1. The Hall–Kier alpha value is -4.37. The van der Waals surface area contributed by atoms with Crippen molar-refractivity contribution in [1.82, 2.24) is 5.32 Å². The Morgan fingerprint density at radius 3 is 2.24 bits per heavy atom. The monoisotopic (exact) mass is 502 g/mol. The fourth-order valence-corrected chi connectivity index (χ4v) is 5.37. The number of Topliss-reactive ketones (excluding diaryl/α,β-unsaturated/α-hetero) is 1. The van der Waals surface area contributed by atoms with Crippen molar-refractivity contribution in [1.29, 1.82) is 0 Å². The van der Waals surface area contributed by atoms with Crippen LogP contribution in [0.2, 0.25) is 0 Å². The number of nitrogens with one attached hydrogen (secondary N) is 1. The predicted octanol–water partition coefficient (Wildman–Crippen LogP) is 3.44. The number of nitrogens with two attached hydrogens (primary N) is 1. The molecule has 0 bridgehead atoms. The molecule has 0 fully saturated rings. The van der Waals surface area contributed by atoms with Gasteiger partial charge in [-0.25, -0.2) is 0 Å². The van der Waals surface area contributed by atoms with E-state index in [0.29, 0.717) is 59.6 Å². The fraction of sp³-hybridized carbons (Fsp3) is 0.250. The van der Waals surface area contributed by atoms with Gasteiger partial charge in [-0.2, -0.15) is 0 Å². The summed E-state index contributed by atoms with van der Waals surface area (Å²) in [6.07, 6.45) is 1.44. The molecule has 0 saturated heterocycles. The van der Waals surface area contributed by atoms with E-state index in [1.807, 2.05) is 6.07 Å². The lowest BCUT2D eigenvalue weighted by Gasteiger charge is -2.37. The number of carboxylic acids is 1. The lowest BCUT2D eigenvalue weighted by molar-refractivity contribution is -0.138. The smallest absolute Gasteiger partial charge is 0.320 e. The third-order valence-electron chi connectivity index (χ3n) is 7.09. The molecule has 1 spiro atoms. The largest absolute Gasteiger partial charge is 0.508 e. The van der Waals surface area contributed by atoms with Crippen LogP contribution in [0.15, 0.2) is 54.6 Å². The molecule has 3 aromatic rings. The van der Waals surface area contributed by atoms with Gasteiger partial charge in [0.15, 0.2) is 5.78 Å². The van der Waals surface area contributed by atoms with Crippen LogP contribution in [0, 0.1) is 0 Å². The Labute approximate surface area is 212 Å². The first-order valence-corrected chi connectivity index (χ1v) is 12.0. The van der Waals surface area contributed by atoms with Gasteiger partial charge in [-0.05, 0) is 43.0 Å². The molecule has 1 heterocycles. The second-order valence-electron chi connectivity index (χ2n) is 9.39. The number of fused-ring (bicyclic) bond motifs is 6. The van der Waals surface area contributed by atoms with E-state index in [1.165, 1.54) is 24.3 Å². The van der Waals surface area contributed by atoms with Gasteiger partial charge in [0.25, 0.3) is 5.91 Å². The Bertz CT molecular complexity index is 1380. The van der Waals surface area contributed by atoms with Crippen molar-refractivity contribution in [2.75, 3.05) is 6.54 Å². The van der Waals surface area contributed by atoms with Crippen molar-refractivity contribution in [3.05, 3.63) is 82.4 Å². The molecule has 6 N–H and O–H groups in total. The fourth-order valence-electron chi connectivity index (χ4n) is 5.37. The van der Waals surface area contributed by atoms with E-state index in [2.05, 4.69) is 5.32 Å². The van der Waals surface area contributed by atoms with Crippen molar-refractivity contribution in [2.45, 2.75) is 37.1 Å². The van der Waals surface area contributed by atoms with Gasteiger partial charge in [-0.3, -0.25) is 14.4 Å². The summed E-state index contributed by atoms with van der Waals surface area (Å²) in [6.45, 7) is 0.312. The highest BCUT2D eigenvalue weighted by molar-refractivity contribution is 6.13. The number of carbonyl (C=O) groups is 3. The van der Waals surface area contributed by atoms with E-state index in [9.17, 15) is 24.6 Å². The van der Waals surface area contributed by atoms with Crippen LogP contribution >= 0.6 is 0 Å². The lowest BCUT2D eigenvalue weighted by Crippen LogP contribution is -2.31. The molecule has 190 valence electrons. The number of amides is 1. The molecule has 5 rings (SSSR count). The van der Waals surface area contributed by atoms with Crippen molar-refractivity contribution >= 4 is 17.7 Å². The van der Waals surface area contributed by atoms with Gasteiger partial charge in [-0.15, -0.1) is 0 Å². The molecule has 0 saturated carbocycles. The van der Waals surface area contributed by atoms with Gasteiger partial charge in [0.1, 0.15) is 29.0 Å². The zero-order valence-corrected chi connectivity index (χ0v) is 19.9. The Kier molecular flexibility index (Phi) is 6.08. The number of phenols is 2. The Morgan fingerprint density at radius 1 is 0.973 bits per heavy atom. The van der Waals surface area contributed by atoms with Crippen LogP contribution in [0.3, 0.4) is 0 Å². The zero-order valence-electron chi connectivity index (χ0n) is 19.9. The van der Waals surface area contributed by atoms with Crippen molar-refractivity contribution in [2.24, 2.45) is 5.73 Å². The molecular weight excluding hydrogens is 476 g/mol. The first kappa shape index (κ1) is 24.3. The summed E-state index contributed by atoms with van der Waals surface area (Å²) < 4.78 is 6.01. The van der Waals surface area contributed by atoms with Crippen molar-refractivity contribution < 1.29 is 34.4 Å². The molecule has 9 heteroatoms. The number of aromatic hydroxyl groups is 2. The van der Waals surface area contributed by atoms with Gasteiger partial charge in [-0.1, -0.05) is 24.3 Å². The standard InChI is InChI=1S/C28H26N2O7/c29-21(27(35)36)6-1-2-11-30-26(34)17-4-3-5-20-25(17)22(33)14-28(20)18-9-7-15(31)12-23(18)37-24-13-16(32)8-10-19(24)28/h3-5,7-10,12-13,21,31-32H,1-2,6,11,14,29H2,(H,30,34)(H,35,36). The number of hydrogen-bond acceptors (Lipinski definition) is 7. The average molecular weight is 503 g/mol. The molecule has 1 aliphatic heterocycles. The summed E-state index contributed by atoms with van der Waals surface area (Å²) in [7, 11) is 0. The van der Waals surface area contributed by atoms with Crippen LogP contribution < -0.4 is 15.8 Å². The highest BCUT2D eigenvalue weighted by Gasteiger charge is 2.52. The van der Waals surface area contributed by atoms with Crippen molar-refractivity contribution in [3.8, 4) is 23.0 Å². The highest BCUT2D eigenvalue weighted by Crippen LogP contribution is 2.58. The first-order chi connectivity index (χ1) is 17.7. The van der Waals surface area contributed by atoms with E-state index < -0.39 is 23.3 Å². The van der Waals surface area contributed by atoms with Gasteiger partial charge >= 0.3 is 5.97 Å². The maximum atomic E-state index is 13.5. The molecule has 9 nitrogen and oxygen atoms in total. The molecular formula is C28H26N2O7. The molecule has 3 aromatic carbocycles. The summed E-state index contributed by atoms with van der Waals surface area (Å²) in [6, 6.07) is 13.7. The summed E-state index contributed by atoms with van der Waals surface area (Å²) in [5.74, 6) is -0.917. The molecule has 1 aliphatic carbocycles. The Balaban J connectivity index is 1.50. The van der Waals surface area contributed by atoms with Gasteiger partial charge < -0.3 is 31.1 Å². The minimum atomic E-state index is -1.06. The number of phenolic OH excluding ortho intramolecular Hbond substituents is 2. The SMILES string of the molecule is NC(CCCCNC(=O)c1cccc2c1C(=O)CC21c2ccc(O)cc2Oc2cc(O)ccc21)C(=O)O. The van der Waals surface area contributed by atoms with Gasteiger partial charge in [0.2, 0.25) is 0 Å². The van der Waals surface area contributed by atoms with Gasteiger partial charge in [0.05, 0.1) is 11.0 Å². The molecule has 1 unspecified atom stereocenters. The second-order valence-corrected chi connectivity index (χ2v) is 9.39. The molecule has 0 aromatic heterocycles. The molecule has 2 aliphatic rings. The van der Waals surface area contributed by atoms with E-state index in [0.717, 1.165) is 0 Å². The minimum absolute atomic E-state index is 0.000473. The minimum Gasteiger partial charge on any atom is -0.508 e. The van der Waals surface area contributed by atoms with Crippen LogP contribution in [-0.2, 0) is 10.2 Å². The summed E-state index contributed by atoms with van der Waals surface area (Å²) in [5, 5.41) is 31.9. The number of carboxylic acid groups (broad SMARTS) is 1. The molecule has 37 heavy (non-hydrogen) atoms. The van der Waals surface area contributed by atoms with E-state index >= 15 is 0 Å². The maximum Gasteiger partial charge on any atom is 0.320 e. The predicted molar refractivity (Wildman–Crippen MR) is 133 cm³/mol.